The van der Waals surface area contributed by atoms with E-state index in [1.807, 2.05) is 41.7 Å². The molecule has 1 heterocycles. The maximum atomic E-state index is 13.6. The Morgan fingerprint density at radius 3 is 2.34 bits per heavy atom. The normalized spacial score (nSPS) is 22.3. The number of ether oxygens (including phenoxy) is 1. The van der Waals surface area contributed by atoms with Crippen LogP contribution in [0.5, 0.6) is 0 Å². The van der Waals surface area contributed by atoms with Crippen molar-refractivity contribution in [2.75, 3.05) is 27.2 Å². The number of piperidine rings is 1. The largest absolute Gasteiger partial charge is 0.463 e. The van der Waals surface area contributed by atoms with E-state index in [9.17, 15) is 14.4 Å². The molecule has 0 aromatic heterocycles. The second kappa shape index (κ2) is 11.8. The Labute approximate surface area is 194 Å². The number of likely N-dealkylation sites (tertiary alicyclic amines) is 1. The third kappa shape index (κ3) is 7.61. The lowest BCUT2D eigenvalue weighted by molar-refractivity contribution is -0.142. The van der Waals surface area contributed by atoms with Gasteiger partial charge in [-0.1, -0.05) is 47.6 Å². The summed E-state index contributed by atoms with van der Waals surface area (Å²) in [4.78, 5) is 42.6. The number of amides is 2. The van der Waals surface area contributed by atoms with Crippen molar-refractivity contribution in [2.45, 2.75) is 86.4 Å². The highest BCUT2D eigenvalue weighted by atomic mass is 16.5. The summed E-state index contributed by atoms with van der Waals surface area (Å²) in [5.74, 6) is -0.0807. The van der Waals surface area contributed by atoms with Crippen LogP contribution in [0.2, 0.25) is 0 Å². The van der Waals surface area contributed by atoms with E-state index in [1.165, 1.54) is 0 Å². The Kier molecular flexibility index (Phi) is 10.4. The van der Waals surface area contributed by atoms with E-state index in [0.29, 0.717) is 18.1 Å². The second-order valence-electron chi connectivity index (χ2n) is 10.7. The molecule has 1 aliphatic rings. The van der Waals surface area contributed by atoms with Crippen LogP contribution < -0.4 is 5.32 Å². The van der Waals surface area contributed by atoms with Crippen molar-refractivity contribution in [3.63, 3.8) is 0 Å². The highest BCUT2D eigenvalue weighted by molar-refractivity contribution is 5.91. The smallest absolute Gasteiger partial charge is 0.333 e. The molecule has 32 heavy (non-hydrogen) atoms. The minimum Gasteiger partial charge on any atom is -0.463 e. The van der Waals surface area contributed by atoms with E-state index in [1.54, 1.807) is 31.9 Å². The third-order valence-corrected chi connectivity index (χ3v) is 6.33. The highest BCUT2D eigenvalue weighted by Gasteiger charge is 2.39. The fourth-order valence-electron chi connectivity index (χ4n) is 4.12. The number of likely N-dealkylation sites (N-methyl/N-ethyl adjacent to an activating group) is 2. The Bertz CT molecular complexity index is 696. The summed E-state index contributed by atoms with van der Waals surface area (Å²) in [6.45, 7) is 16.7. The van der Waals surface area contributed by atoms with Gasteiger partial charge in [0.05, 0.1) is 18.7 Å². The molecule has 184 valence electrons. The Balaban J connectivity index is 3.12. The molecule has 7 heteroatoms. The zero-order valence-corrected chi connectivity index (χ0v) is 21.8. The quantitative estimate of drug-likeness (QED) is 0.453. The lowest BCUT2D eigenvalue weighted by Crippen LogP contribution is -2.60. The second-order valence-corrected chi connectivity index (χ2v) is 10.7. The Hall–Kier alpha value is -1.89. The number of carbonyl (C=O) groups excluding carboxylic acids is 3. The average molecular weight is 452 g/mol. The number of esters is 1. The summed E-state index contributed by atoms with van der Waals surface area (Å²) in [6.07, 6.45) is 3.66. The number of carbonyl (C=O) groups is 3. The van der Waals surface area contributed by atoms with E-state index in [-0.39, 0.29) is 35.8 Å². The molecule has 4 atom stereocenters. The van der Waals surface area contributed by atoms with Gasteiger partial charge >= 0.3 is 5.97 Å². The minimum absolute atomic E-state index is 0.0787. The van der Waals surface area contributed by atoms with E-state index in [4.69, 9.17) is 4.74 Å². The van der Waals surface area contributed by atoms with Gasteiger partial charge in [-0.25, -0.2) is 4.79 Å². The number of rotatable bonds is 8. The van der Waals surface area contributed by atoms with Crippen LogP contribution in [0, 0.1) is 17.3 Å². The predicted molar refractivity (Wildman–Crippen MR) is 128 cm³/mol. The van der Waals surface area contributed by atoms with Gasteiger partial charge in [-0.15, -0.1) is 0 Å². The van der Waals surface area contributed by atoms with Crippen molar-refractivity contribution in [2.24, 2.45) is 17.3 Å². The van der Waals surface area contributed by atoms with Crippen LogP contribution in [-0.2, 0) is 19.1 Å². The summed E-state index contributed by atoms with van der Waals surface area (Å²) in [5, 5.41) is 3.06. The van der Waals surface area contributed by atoms with Gasteiger partial charge in [0.25, 0.3) is 0 Å². The van der Waals surface area contributed by atoms with Gasteiger partial charge in [0.15, 0.2) is 0 Å². The van der Waals surface area contributed by atoms with Crippen LogP contribution >= 0.6 is 0 Å². The summed E-state index contributed by atoms with van der Waals surface area (Å²) in [5.41, 5.74) is 0.000687. The van der Waals surface area contributed by atoms with Crippen LogP contribution in [0.1, 0.15) is 68.2 Å². The number of nitrogens with one attached hydrogen (secondary N) is 1. The SMILES string of the molecule is CCOC(=O)/C(C)=C\[C@H](C(C)C)N(C)C(=O)C(NC(=O)C1CC(C)CCN1C)C(C)(C)C. The van der Waals surface area contributed by atoms with Gasteiger partial charge in [-0.05, 0) is 57.5 Å². The summed E-state index contributed by atoms with van der Waals surface area (Å²) in [6, 6.07) is -1.21. The Morgan fingerprint density at radius 1 is 1.25 bits per heavy atom. The first-order chi connectivity index (χ1) is 14.7. The molecule has 1 N–H and O–H groups in total. The molecule has 7 nitrogen and oxygen atoms in total. The molecule has 1 saturated heterocycles. The summed E-state index contributed by atoms with van der Waals surface area (Å²) < 4.78 is 5.09. The predicted octanol–water partition coefficient (Wildman–Crippen LogP) is 3.24. The molecular weight excluding hydrogens is 406 g/mol. The number of hydrogen-bond acceptors (Lipinski definition) is 5. The molecule has 3 unspecified atom stereocenters. The van der Waals surface area contributed by atoms with Crippen molar-refractivity contribution >= 4 is 17.8 Å². The molecule has 2 amide bonds. The molecular formula is C25H45N3O4. The Morgan fingerprint density at radius 2 is 1.84 bits per heavy atom. The first-order valence-corrected chi connectivity index (χ1v) is 11.8. The monoisotopic (exact) mass is 451 g/mol. The summed E-state index contributed by atoms with van der Waals surface area (Å²) in [7, 11) is 3.70. The lowest BCUT2D eigenvalue weighted by Gasteiger charge is -2.40. The fraction of sp³-hybridized carbons (Fsp3) is 0.800. The van der Waals surface area contributed by atoms with Crippen LogP contribution in [0.15, 0.2) is 11.6 Å². The molecule has 0 radical (unpaired) electrons. The van der Waals surface area contributed by atoms with Gasteiger partial charge in [0, 0.05) is 12.6 Å². The minimum atomic E-state index is -0.678. The van der Waals surface area contributed by atoms with Gasteiger partial charge in [-0.2, -0.15) is 0 Å². The van der Waals surface area contributed by atoms with E-state index < -0.39 is 11.5 Å². The molecule has 0 bridgehead atoms. The number of nitrogens with zero attached hydrogens (tertiary/aromatic N) is 2. The molecule has 0 saturated carbocycles. The highest BCUT2D eigenvalue weighted by Crippen LogP contribution is 2.26. The molecule has 1 rings (SSSR count). The first-order valence-electron chi connectivity index (χ1n) is 11.8. The average Bonchev–Trinajstić information content (AvgIpc) is 2.69. The number of hydrogen-bond donors (Lipinski definition) is 1. The van der Waals surface area contributed by atoms with Gasteiger partial charge in [0.2, 0.25) is 11.8 Å². The van der Waals surface area contributed by atoms with Gasteiger partial charge in [0.1, 0.15) is 6.04 Å². The molecule has 0 aromatic carbocycles. The van der Waals surface area contributed by atoms with E-state index >= 15 is 0 Å². The van der Waals surface area contributed by atoms with Crippen LogP contribution in [0.4, 0.5) is 0 Å². The van der Waals surface area contributed by atoms with E-state index in [0.717, 1.165) is 19.4 Å². The lowest BCUT2D eigenvalue weighted by atomic mass is 9.84. The standard InChI is InChI=1S/C25H45N3O4/c1-11-32-24(31)18(5)15-19(16(2)3)28(10)23(30)21(25(6,7)8)26-22(29)20-14-17(4)12-13-27(20)9/h15-17,19-21H,11-14H2,1-10H3,(H,26,29)/b18-15-/t17?,19-,20?,21?/m1/s1. The fourth-order valence-corrected chi connectivity index (χ4v) is 4.12. The van der Waals surface area contributed by atoms with Gasteiger partial charge < -0.3 is 15.0 Å². The van der Waals surface area contributed by atoms with Crippen molar-refractivity contribution in [1.82, 2.24) is 15.1 Å². The van der Waals surface area contributed by atoms with Crippen LogP contribution in [-0.4, -0.2) is 73.0 Å². The summed E-state index contributed by atoms with van der Waals surface area (Å²) >= 11 is 0. The molecule has 0 spiro atoms. The maximum absolute atomic E-state index is 13.6. The van der Waals surface area contributed by atoms with Gasteiger partial charge in [-0.3, -0.25) is 14.5 Å². The van der Waals surface area contributed by atoms with Crippen molar-refractivity contribution in [1.29, 1.82) is 0 Å². The van der Waals surface area contributed by atoms with Crippen molar-refractivity contribution in [3.8, 4) is 0 Å². The third-order valence-electron chi connectivity index (χ3n) is 6.33. The van der Waals surface area contributed by atoms with E-state index in [2.05, 4.69) is 17.1 Å². The zero-order chi connectivity index (χ0) is 24.8. The topological polar surface area (TPSA) is 79.0 Å². The maximum Gasteiger partial charge on any atom is 0.333 e. The molecule has 0 aliphatic carbocycles. The van der Waals surface area contributed by atoms with Crippen LogP contribution in [0.3, 0.4) is 0 Å². The molecule has 1 fully saturated rings. The zero-order valence-electron chi connectivity index (χ0n) is 21.8. The van der Waals surface area contributed by atoms with Crippen molar-refractivity contribution < 1.29 is 19.1 Å². The first kappa shape index (κ1) is 28.1. The van der Waals surface area contributed by atoms with Crippen molar-refractivity contribution in [3.05, 3.63) is 11.6 Å². The molecule has 0 aromatic rings. The molecule has 1 aliphatic heterocycles. The van der Waals surface area contributed by atoms with Crippen LogP contribution in [0.25, 0.3) is 0 Å².